The molecule has 0 bridgehead atoms. The van der Waals surface area contributed by atoms with E-state index in [1.54, 1.807) is 0 Å². The van der Waals surface area contributed by atoms with Gasteiger partial charge in [-0.05, 0) is 6.92 Å². The minimum atomic E-state index is 0.611. The summed E-state index contributed by atoms with van der Waals surface area (Å²) in [5.74, 6) is 0. The van der Waals surface area contributed by atoms with Crippen molar-refractivity contribution >= 4 is 0 Å². The van der Waals surface area contributed by atoms with E-state index in [-0.39, 0.29) is 0 Å². The Labute approximate surface area is 46.2 Å². The van der Waals surface area contributed by atoms with Gasteiger partial charge >= 0.3 is 0 Å². The third-order valence-corrected chi connectivity index (χ3v) is 0.348. The minimum absolute atomic E-state index is 0.611. The maximum atomic E-state index is 5.07. The fourth-order valence-electron chi connectivity index (χ4n) is 0. The van der Waals surface area contributed by atoms with E-state index >= 15 is 0 Å². The Morgan fingerprint density at radius 1 is 1.57 bits per heavy atom. The molecule has 0 heterocycles. The minimum Gasteiger partial charge on any atom is -0.327 e. The molecule has 0 fully saturated rings. The molecule has 0 unspecified atom stereocenters. The van der Waals surface area contributed by atoms with Crippen LogP contribution in [0.2, 0.25) is 0 Å². The first kappa shape index (κ1) is 9.85. The summed E-state index contributed by atoms with van der Waals surface area (Å²) in [4.78, 5) is 0. The predicted octanol–water partition coefficient (Wildman–Crippen LogP) is 1.55. The maximum absolute atomic E-state index is 5.07. The van der Waals surface area contributed by atoms with E-state index in [4.69, 9.17) is 5.73 Å². The number of hydrogen-bond acceptors (Lipinski definition) is 1. The van der Waals surface area contributed by atoms with E-state index < -0.39 is 0 Å². The molecule has 0 atom stereocenters. The molecule has 0 amide bonds. The molecule has 1 heteroatoms. The van der Waals surface area contributed by atoms with Gasteiger partial charge in [0.2, 0.25) is 0 Å². The van der Waals surface area contributed by atoms with Crippen LogP contribution in [0.15, 0.2) is 12.2 Å². The Balaban J connectivity index is 0. The van der Waals surface area contributed by atoms with Gasteiger partial charge in [-0.2, -0.15) is 0 Å². The first-order valence-electron chi connectivity index (χ1n) is 2.62. The van der Waals surface area contributed by atoms with Crippen LogP contribution < -0.4 is 5.73 Å². The molecule has 44 valence electrons. The predicted molar refractivity (Wildman–Crippen MR) is 35.2 cm³/mol. The molecule has 0 aromatic rings. The van der Waals surface area contributed by atoms with Gasteiger partial charge in [-0.25, -0.2) is 0 Å². The van der Waals surface area contributed by atoms with Crippen molar-refractivity contribution in [2.75, 3.05) is 6.54 Å². The Morgan fingerprint density at radius 3 is 1.71 bits per heavy atom. The highest BCUT2D eigenvalue weighted by Gasteiger charge is 1.67. The van der Waals surface area contributed by atoms with Crippen molar-refractivity contribution in [3.63, 3.8) is 0 Å². The molecule has 2 N–H and O–H groups in total. The smallest absolute Gasteiger partial charge is 0.0131 e. The van der Waals surface area contributed by atoms with Crippen LogP contribution in [-0.4, -0.2) is 6.54 Å². The van der Waals surface area contributed by atoms with Gasteiger partial charge in [0.15, 0.2) is 0 Å². The molecule has 0 spiro atoms. The normalized spacial score (nSPS) is 6.29. The van der Waals surface area contributed by atoms with Crippen molar-refractivity contribution in [1.29, 1.82) is 0 Å². The molecular weight excluding hydrogens is 86.1 g/mol. The second-order valence-electron chi connectivity index (χ2n) is 1.16. The third kappa shape index (κ3) is 27.0. The summed E-state index contributed by atoms with van der Waals surface area (Å²) in [6, 6.07) is 0. The van der Waals surface area contributed by atoms with Crippen LogP contribution in [0.1, 0.15) is 20.8 Å². The van der Waals surface area contributed by atoms with Crippen LogP contribution in [-0.2, 0) is 0 Å². The van der Waals surface area contributed by atoms with Gasteiger partial charge in [-0.3, -0.25) is 0 Å². The van der Waals surface area contributed by atoms with E-state index in [0.29, 0.717) is 6.54 Å². The average Bonchev–Trinajstić information content (AvgIpc) is 1.73. The molecule has 0 rings (SSSR count). The zero-order valence-corrected chi connectivity index (χ0v) is 5.49. The fraction of sp³-hybridized carbons (Fsp3) is 0.667. The first-order valence-corrected chi connectivity index (χ1v) is 2.62. The molecule has 0 aliphatic carbocycles. The van der Waals surface area contributed by atoms with Crippen LogP contribution in [0.5, 0.6) is 0 Å². The molecule has 0 saturated carbocycles. The summed E-state index contributed by atoms with van der Waals surface area (Å²) in [6.45, 7) is 10.1. The summed E-state index contributed by atoms with van der Waals surface area (Å²) in [5, 5.41) is 0. The first-order chi connectivity index (χ1) is 3.27. The number of nitrogens with two attached hydrogens (primary N) is 1. The lowest BCUT2D eigenvalue weighted by molar-refractivity contribution is 1.15. The standard InChI is InChI=1S/C4H9N.C2H6/c1-4(2)3-5;1-2/h1,3,5H2,2H3;1-2H3. The molecule has 0 aromatic carbocycles. The largest absolute Gasteiger partial charge is 0.327 e. The molecule has 0 radical (unpaired) electrons. The van der Waals surface area contributed by atoms with Crippen molar-refractivity contribution in [3.8, 4) is 0 Å². The molecule has 0 saturated heterocycles. The molecule has 0 aliphatic rings. The summed E-state index contributed by atoms with van der Waals surface area (Å²) < 4.78 is 0. The average molecular weight is 101 g/mol. The lowest BCUT2D eigenvalue weighted by atomic mass is 10.4. The summed E-state index contributed by atoms with van der Waals surface area (Å²) >= 11 is 0. The molecule has 0 aromatic heterocycles. The Bertz CT molecular complexity index is 39.4. The summed E-state index contributed by atoms with van der Waals surface area (Å²) in [6.07, 6.45) is 0. The lowest BCUT2D eigenvalue weighted by Crippen LogP contribution is -1.97. The topological polar surface area (TPSA) is 26.0 Å². The fourth-order valence-corrected chi connectivity index (χ4v) is 0. The van der Waals surface area contributed by atoms with Crippen LogP contribution in [0.4, 0.5) is 0 Å². The van der Waals surface area contributed by atoms with Crippen molar-refractivity contribution in [2.45, 2.75) is 20.8 Å². The summed E-state index contributed by atoms with van der Waals surface area (Å²) in [5.41, 5.74) is 6.10. The Morgan fingerprint density at radius 2 is 1.71 bits per heavy atom. The van der Waals surface area contributed by atoms with Crippen molar-refractivity contribution < 1.29 is 0 Å². The third-order valence-electron chi connectivity index (χ3n) is 0.348. The van der Waals surface area contributed by atoms with E-state index in [1.807, 2.05) is 20.8 Å². The van der Waals surface area contributed by atoms with Crippen LogP contribution in [0.25, 0.3) is 0 Å². The highest BCUT2D eigenvalue weighted by Crippen LogP contribution is 1.74. The van der Waals surface area contributed by atoms with Crippen molar-refractivity contribution in [2.24, 2.45) is 5.73 Å². The van der Waals surface area contributed by atoms with Crippen molar-refractivity contribution in [1.82, 2.24) is 0 Å². The SMILES string of the molecule is C=C(C)CN.CC. The lowest BCUT2D eigenvalue weighted by Gasteiger charge is -1.80. The van der Waals surface area contributed by atoms with Crippen LogP contribution in [0, 0.1) is 0 Å². The maximum Gasteiger partial charge on any atom is 0.0131 e. The molecular formula is C6H15N. The summed E-state index contributed by atoms with van der Waals surface area (Å²) in [7, 11) is 0. The van der Waals surface area contributed by atoms with Gasteiger partial charge in [0, 0.05) is 6.54 Å². The van der Waals surface area contributed by atoms with E-state index in [2.05, 4.69) is 6.58 Å². The van der Waals surface area contributed by atoms with Gasteiger partial charge in [-0.1, -0.05) is 26.0 Å². The van der Waals surface area contributed by atoms with E-state index in [1.165, 1.54) is 0 Å². The highest BCUT2D eigenvalue weighted by atomic mass is 14.5. The van der Waals surface area contributed by atoms with Gasteiger partial charge in [0.05, 0.1) is 0 Å². The van der Waals surface area contributed by atoms with Gasteiger partial charge in [-0.15, -0.1) is 0 Å². The van der Waals surface area contributed by atoms with Crippen molar-refractivity contribution in [3.05, 3.63) is 12.2 Å². The van der Waals surface area contributed by atoms with Gasteiger partial charge in [0.25, 0.3) is 0 Å². The Hall–Kier alpha value is -0.300. The van der Waals surface area contributed by atoms with Crippen LogP contribution in [0.3, 0.4) is 0 Å². The van der Waals surface area contributed by atoms with E-state index in [9.17, 15) is 0 Å². The second kappa shape index (κ2) is 9.20. The molecule has 0 aliphatic heterocycles. The van der Waals surface area contributed by atoms with Gasteiger partial charge < -0.3 is 5.73 Å². The zero-order chi connectivity index (χ0) is 6.28. The number of hydrogen-bond donors (Lipinski definition) is 1. The second-order valence-corrected chi connectivity index (χ2v) is 1.16. The van der Waals surface area contributed by atoms with Gasteiger partial charge in [0.1, 0.15) is 0 Å². The monoisotopic (exact) mass is 101 g/mol. The van der Waals surface area contributed by atoms with Crippen LogP contribution >= 0.6 is 0 Å². The Kier molecular flexibility index (Phi) is 12.9. The quantitative estimate of drug-likeness (QED) is 0.498. The number of rotatable bonds is 1. The molecule has 1 nitrogen and oxygen atoms in total. The highest BCUT2D eigenvalue weighted by molar-refractivity contribution is 4.88. The molecule has 7 heavy (non-hydrogen) atoms. The van der Waals surface area contributed by atoms with E-state index in [0.717, 1.165) is 5.57 Å². The zero-order valence-electron chi connectivity index (χ0n) is 5.49.